The quantitative estimate of drug-likeness (QED) is 0.159. The first kappa shape index (κ1) is 36.8. The normalized spacial score (nSPS) is 11.8. The van der Waals surface area contributed by atoms with Crippen LogP contribution in [-0.4, -0.2) is 64.6 Å². The third-order valence-electron chi connectivity index (χ3n) is 7.96. The van der Waals surface area contributed by atoms with Crippen LogP contribution in [-0.2, 0) is 32.6 Å². The third kappa shape index (κ3) is 9.32. The number of methoxy groups -OCH3 is 2. The molecule has 4 aromatic carbocycles. The molecule has 49 heavy (non-hydrogen) atoms. The summed E-state index contributed by atoms with van der Waals surface area (Å²) in [7, 11) is -1.48. The number of aryl methyl sites for hydroxylation is 1. The number of carbonyl (C=O) groups excluding carboxylic acids is 2. The average molecular weight is 688 g/mol. The van der Waals surface area contributed by atoms with Gasteiger partial charge in [0.2, 0.25) is 11.8 Å². The zero-order valence-corrected chi connectivity index (χ0v) is 29.7. The summed E-state index contributed by atoms with van der Waals surface area (Å²) in [6.07, 6.45) is 0.225. The van der Waals surface area contributed by atoms with Crippen LogP contribution in [0.4, 0.5) is 5.69 Å². The van der Waals surface area contributed by atoms with E-state index in [0.717, 1.165) is 21.0 Å². The lowest BCUT2D eigenvalue weighted by molar-refractivity contribution is -0.140. The molecule has 0 bridgehead atoms. The molecule has 0 fully saturated rings. The lowest BCUT2D eigenvalue weighted by Crippen LogP contribution is -2.54. The molecule has 0 unspecified atom stereocenters. The van der Waals surface area contributed by atoms with Crippen LogP contribution in [0.1, 0.15) is 37.5 Å². The number of anilines is 1. The van der Waals surface area contributed by atoms with Crippen molar-refractivity contribution in [1.82, 2.24) is 10.2 Å². The van der Waals surface area contributed by atoms with Gasteiger partial charge >= 0.3 is 0 Å². The molecule has 2 amide bonds. The minimum Gasteiger partial charge on any atom is -0.494 e. The first-order valence-electron chi connectivity index (χ1n) is 16.1. The van der Waals surface area contributed by atoms with Crippen LogP contribution in [0.25, 0.3) is 0 Å². The Labute approximate surface area is 289 Å². The van der Waals surface area contributed by atoms with Crippen molar-refractivity contribution < 1.29 is 32.2 Å². The van der Waals surface area contributed by atoms with E-state index >= 15 is 0 Å². The molecule has 0 saturated heterocycles. The average Bonchev–Trinajstić information content (AvgIpc) is 3.09. The second-order valence-electron chi connectivity index (χ2n) is 11.8. The molecule has 0 heterocycles. The maximum atomic E-state index is 14.7. The highest BCUT2D eigenvalue weighted by molar-refractivity contribution is 7.92. The van der Waals surface area contributed by atoms with Gasteiger partial charge < -0.3 is 24.4 Å². The Kier molecular flexibility index (Phi) is 12.7. The Balaban J connectivity index is 1.84. The summed E-state index contributed by atoms with van der Waals surface area (Å²) in [5, 5.41) is 2.98. The van der Waals surface area contributed by atoms with Crippen molar-refractivity contribution in [3.05, 3.63) is 114 Å². The second kappa shape index (κ2) is 16.9. The zero-order chi connectivity index (χ0) is 35.6. The molecule has 1 atom stereocenters. The summed E-state index contributed by atoms with van der Waals surface area (Å²) in [5.74, 6) is 0.234. The van der Waals surface area contributed by atoms with Gasteiger partial charge in [0.25, 0.3) is 10.0 Å². The summed E-state index contributed by atoms with van der Waals surface area (Å²) in [6, 6.07) is 26.7. The molecule has 4 rings (SSSR count). The van der Waals surface area contributed by atoms with Crippen LogP contribution >= 0.6 is 0 Å². The SMILES string of the molecule is CCOc1ccc(N(CC(=O)N(Cc2ccccc2C)[C@H](Cc2ccccc2)C(=O)NC(C)C)S(=O)(=O)c2ccc(OC)c(OC)c2)cc1. The number of ether oxygens (including phenoxy) is 3. The minimum absolute atomic E-state index is 0.0854. The van der Waals surface area contributed by atoms with Gasteiger partial charge in [-0.15, -0.1) is 0 Å². The van der Waals surface area contributed by atoms with Crippen molar-refractivity contribution in [3.63, 3.8) is 0 Å². The molecule has 0 aromatic heterocycles. The minimum atomic E-state index is -4.36. The molecule has 11 heteroatoms. The van der Waals surface area contributed by atoms with E-state index in [1.807, 2.05) is 82.3 Å². The Bertz CT molecular complexity index is 1810. The molecular formula is C38H45N3O7S. The molecule has 0 aliphatic rings. The van der Waals surface area contributed by atoms with Crippen molar-refractivity contribution in [2.24, 2.45) is 0 Å². The van der Waals surface area contributed by atoms with Gasteiger partial charge in [-0.25, -0.2) is 8.42 Å². The fraction of sp³-hybridized carbons (Fsp3) is 0.316. The number of carbonyl (C=O) groups is 2. The van der Waals surface area contributed by atoms with Crippen LogP contribution in [0.3, 0.4) is 0 Å². The number of nitrogens with zero attached hydrogens (tertiary/aromatic N) is 2. The predicted octanol–water partition coefficient (Wildman–Crippen LogP) is 5.77. The number of amides is 2. The summed E-state index contributed by atoms with van der Waals surface area (Å²) in [4.78, 5) is 30.0. The van der Waals surface area contributed by atoms with E-state index in [4.69, 9.17) is 14.2 Å². The van der Waals surface area contributed by atoms with Crippen LogP contribution in [0.2, 0.25) is 0 Å². The molecular weight excluding hydrogens is 642 g/mol. The Morgan fingerprint density at radius 3 is 2.10 bits per heavy atom. The van der Waals surface area contributed by atoms with Crippen molar-refractivity contribution in [1.29, 1.82) is 0 Å². The molecule has 10 nitrogen and oxygen atoms in total. The van der Waals surface area contributed by atoms with E-state index in [9.17, 15) is 18.0 Å². The number of benzene rings is 4. The van der Waals surface area contributed by atoms with Gasteiger partial charge in [0, 0.05) is 25.1 Å². The highest BCUT2D eigenvalue weighted by Gasteiger charge is 2.35. The summed E-state index contributed by atoms with van der Waals surface area (Å²) in [5.41, 5.74) is 2.87. The number of hydrogen-bond acceptors (Lipinski definition) is 7. The van der Waals surface area contributed by atoms with E-state index in [-0.39, 0.29) is 41.2 Å². The van der Waals surface area contributed by atoms with Crippen LogP contribution in [0.15, 0.2) is 102 Å². The van der Waals surface area contributed by atoms with Crippen molar-refractivity contribution >= 4 is 27.5 Å². The first-order chi connectivity index (χ1) is 23.5. The second-order valence-corrected chi connectivity index (χ2v) is 13.6. The van der Waals surface area contributed by atoms with Gasteiger partial charge in [-0.3, -0.25) is 13.9 Å². The van der Waals surface area contributed by atoms with Crippen LogP contribution in [0, 0.1) is 6.92 Å². The van der Waals surface area contributed by atoms with E-state index in [2.05, 4.69) is 5.32 Å². The number of rotatable bonds is 16. The highest BCUT2D eigenvalue weighted by Crippen LogP contribution is 2.33. The summed E-state index contributed by atoms with van der Waals surface area (Å²) < 4.78 is 46.3. The zero-order valence-electron chi connectivity index (χ0n) is 28.9. The molecule has 0 radical (unpaired) electrons. The lowest BCUT2D eigenvalue weighted by Gasteiger charge is -2.34. The van der Waals surface area contributed by atoms with E-state index in [1.165, 1.54) is 37.3 Å². The smallest absolute Gasteiger partial charge is 0.264 e. The maximum Gasteiger partial charge on any atom is 0.264 e. The molecule has 4 aromatic rings. The monoisotopic (exact) mass is 687 g/mol. The third-order valence-corrected chi connectivity index (χ3v) is 9.73. The molecule has 0 saturated carbocycles. The molecule has 0 aliphatic heterocycles. The standard InChI is InChI=1S/C38H45N3O7S/c1-7-48-32-19-17-31(18-20-32)41(49(44,45)33-21-22-35(46-5)36(24-33)47-6)26-37(42)40(25-30-16-12-11-13-28(30)4)34(38(43)39-27(2)3)23-29-14-9-8-10-15-29/h8-22,24,27,34H,7,23,25-26H2,1-6H3,(H,39,43)/t34-/m1/s1. The van der Waals surface area contributed by atoms with Crippen molar-refractivity contribution in [2.45, 2.75) is 57.6 Å². The number of hydrogen-bond donors (Lipinski definition) is 1. The topological polar surface area (TPSA) is 114 Å². The molecule has 0 aliphatic carbocycles. The Morgan fingerprint density at radius 2 is 1.49 bits per heavy atom. The molecule has 0 spiro atoms. The Morgan fingerprint density at radius 1 is 0.837 bits per heavy atom. The van der Waals surface area contributed by atoms with Crippen molar-refractivity contribution in [2.75, 3.05) is 31.7 Å². The fourth-order valence-corrected chi connectivity index (χ4v) is 6.84. The van der Waals surface area contributed by atoms with E-state index in [0.29, 0.717) is 18.1 Å². The van der Waals surface area contributed by atoms with Crippen LogP contribution in [0.5, 0.6) is 17.2 Å². The molecule has 260 valence electrons. The van der Waals surface area contributed by atoms with Crippen molar-refractivity contribution in [3.8, 4) is 17.2 Å². The van der Waals surface area contributed by atoms with Gasteiger partial charge in [-0.05, 0) is 80.8 Å². The first-order valence-corrected chi connectivity index (χ1v) is 17.6. The number of nitrogens with one attached hydrogen (secondary N) is 1. The van der Waals surface area contributed by atoms with Gasteiger partial charge in [0.15, 0.2) is 11.5 Å². The summed E-state index contributed by atoms with van der Waals surface area (Å²) >= 11 is 0. The van der Waals surface area contributed by atoms with E-state index in [1.54, 1.807) is 24.3 Å². The van der Waals surface area contributed by atoms with Gasteiger partial charge in [0.05, 0.1) is 31.4 Å². The maximum absolute atomic E-state index is 14.7. The van der Waals surface area contributed by atoms with Crippen LogP contribution < -0.4 is 23.8 Å². The predicted molar refractivity (Wildman–Crippen MR) is 191 cm³/mol. The largest absolute Gasteiger partial charge is 0.494 e. The van der Waals surface area contributed by atoms with Gasteiger partial charge in [-0.2, -0.15) is 0 Å². The summed E-state index contributed by atoms with van der Waals surface area (Å²) in [6.45, 7) is 7.43. The molecule has 1 N–H and O–H groups in total. The lowest BCUT2D eigenvalue weighted by atomic mass is 10.0. The van der Waals surface area contributed by atoms with Gasteiger partial charge in [0.1, 0.15) is 18.3 Å². The Hall–Kier alpha value is -5.03. The highest BCUT2D eigenvalue weighted by atomic mass is 32.2. The number of sulfonamides is 1. The van der Waals surface area contributed by atoms with Gasteiger partial charge in [-0.1, -0.05) is 54.6 Å². The fourth-order valence-electron chi connectivity index (χ4n) is 5.41. The van der Waals surface area contributed by atoms with E-state index < -0.39 is 28.5 Å².